The molecule has 2 saturated heterocycles. The highest BCUT2D eigenvalue weighted by Gasteiger charge is 2.21. The molecule has 6 nitrogen and oxygen atoms in total. The van der Waals surface area contributed by atoms with E-state index in [-0.39, 0.29) is 30.4 Å². The van der Waals surface area contributed by atoms with E-state index in [1.807, 2.05) is 12.1 Å². The molecule has 0 bridgehead atoms. The van der Waals surface area contributed by atoms with Crippen LogP contribution in [-0.4, -0.2) is 44.2 Å². The van der Waals surface area contributed by atoms with Gasteiger partial charge in [-0.3, -0.25) is 9.69 Å². The van der Waals surface area contributed by atoms with E-state index < -0.39 is 0 Å². The maximum Gasteiger partial charge on any atom is 0.321 e. The van der Waals surface area contributed by atoms with Crippen molar-refractivity contribution in [1.82, 2.24) is 16.0 Å². The fourth-order valence-corrected chi connectivity index (χ4v) is 2.56. The molecule has 3 amide bonds. The van der Waals surface area contributed by atoms with Crippen molar-refractivity contribution >= 4 is 30.0 Å². The largest absolute Gasteiger partial charge is 0.348 e. The smallest absolute Gasteiger partial charge is 0.321 e. The molecule has 0 radical (unpaired) electrons. The van der Waals surface area contributed by atoms with Crippen molar-refractivity contribution in [2.24, 2.45) is 0 Å². The fraction of sp³-hybridized carbons (Fsp3) is 0.429. The summed E-state index contributed by atoms with van der Waals surface area (Å²) in [5.41, 5.74) is 1.44. The number of halogens is 1. The zero-order valence-electron chi connectivity index (χ0n) is 11.6. The van der Waals surface area contributed by atoms with Gasteiger partial charge in [0, 0.05) is 36.9 Å². The lowest BCUT2D eigenvalue weighted by atomic mass is 10.1. The Morgan fingerprint density at radius 1 is 1.24 bits per heavy atom. The first-order chi connectivity index (χ1) is 9.74. The van der Waals surface area contributed by atoms with Gasteiger partial charge in [-0.15, -0.1) is 12.4 Å². The molecule has 2 aliphatic heterocycles. The average Bonchev–Trinajstić information content (AvgIpc) is 3.10. The van der Waals surface area contributed by atoms with Crippen LogP contribution in [0.15, 0.2) is 24.3 Å². The average molecular weight is 311 g/mol. The number of nitrogens with zero attached hydrogens (tertiary/aromatic N) is 1. The van der Waals surface area contributed by atoms with Crippen LogP contribution in [-0.2, 0) is 0 Å². The van der Waals surface area contributed by atoms with E-state index >= 15 is 0 Å². The van der Waals surface area contributed by atoms with Gasteiger partial charge in [-0.05, 0) is 37.2 Å². The normalized spacial score (nSPS) is 20.9. The van der Waals surface area contributed by atoms with Crippen LogP contribution < -0.4 is 20.9 Å². The molecule has 3 rings (SSSR count). The minimum Gasteiger partial charge on any atom is -0.348 e. The second-order valence-electron chi connectivity index (χ2n) is 5.09. The van der Waals surface area contributed by atoms with Crippen LogP contribution in [0.5, 0.6) is 0 Å². The third-order valence-corrected chi connectivity index (χ3v) is 3.69. The summed E-state index contributed by atoms with van der Waals surface area (Å²) in [6.07, 6.45) is 0.970. The predicted molar refractivity (Wildman–Crippen MR) is 83.2 cm³/mol. The molecule has 21 heavy (non-hydrogen) atoms. The minimum atomic E-state index is -0.0840. The molecular formula is C14H19ClN4O2. The Morgan fingerprint density at radius 3 is 2.57 bits per heavy atom. The zero-order valence-corrected chi connectivity index (χ0v) is 12.4. The molecule has 0 aromatic heterocycles. The number of nitrogens with one attached hydrogen (secondary N) is 3. The molecule has 2 fully saturated rings. The van der Waals surface area contributed by atoms with Gasteiger partial charge in [0.2, 0.25) is 0 Å². The van der Waals surface area contributed by atoms with Crippen molar-refractivity contribution in [3.05, 3.63) is 29.8 Å². The van der Waals surface area contributed by atoms with E-state index in [1.165, 1.54) is 0 Å². The van der Waals surface area contributed by atoms with Crippen LogP contribution >= 0.6 is 12.4 Å². The standard InChI is InChI=1S/C14H18N4O2.ClH/c19-13(17-11-5-6-15-9-11)10-1-3-12(4-2-10)18-8-7-16-14(18)20;/h1-4,11,15H,5-9H2,(H,16,20)(H,17,19);1H. The summed E-state index contributed by atoms with van der Waals surface area (Å²) in [6.45, 7) is 3.11. The Balaban J connectivity index is 0.00000161. The minimum absolute atomic E-state index is 0. The Kier molecular flexibility index (Phi) is 5.03. The topological polar surface area (TPSA) is 73.5 Å². The van der Waals surface area contributed by atoms with E-state index in [9.17, 15) is 9.59 Å². The molecule has 1 aromatic rings. The second kappa shape index (κ2) is 6.78. The molecule has 0 aliphatic carbocycles. The molecule has 1 atom stereocenters. The molecule has 1 unspecified atom stereocenters. The van der Waals surface area contributed by atoms with Crippen LogP contribution in [0.25, 0.3) is 0 Å². The first kappa shape index (κ1) is 15.6. The van der Waals surface area contributed by atoms with Gasteiger partial charge in [0.25, 0.3) is 5.91 Å². The van der Waals surface area contributed by atoms with E-state index in [1.54, 1.807) is 17.0 Å². The molecule has 3 N–H and O–H groups in total. The van der Waals surface area contributed by atoms with Crippen LogP contribution in [0.3, 0.4) is 0 Å². The van der Waals surface area contributed by atoms with Gasteiger partial charge >= 0.3 is 6.03 Å². The second-order valence-corrected chi connectivity index (χ2v) is 5.09. The maximum atomic E-state index is 12.1. The summed E-state index contributed by atoms with van der Waals surface area (Å²) in [5, 5.41) is 8.97. The summed E-state index contributed by atoms with van der Waals surface area (Å²) in [4.78, 5) is 25.3. The number of carbonyl (C=O) groups is 2. The van der Waals surface area contributed by atoms with Crippen molar-refractivity contribution in [2.75, 3.05) is 31.1 Å². The van der Waals surface area contributed by atoms with Gasteiger partial charge in [-0.1, -0.05) is 0 Å². The Morgan fingerprint density at radius 2 is 2.00 bits per heavy atom. The first-order valence-electron chi connectivity index (χ1n) is 6.91. The predicted octanol–water partition coefficient (Wildman–Crippen LogP) is 0.730. The van der Waals surface area contributed by atoms with Crippen molar-refractivity contribution in [3.63, 3.8) is 0 Å². The number of urea groups is 1. The van der Waals surface area contributed by atoms with E-state index in [4.69, 9.17) is 0 Å². The molecule has 1 aromatic carbocycles. The summed E-state index contributed by atoms with van der Waals surface area (Å²) < 4.78 is 0. The van der Waals surface area contributed by atoms with Crippen LogP contribution in [0, 0.1) is 0 Å². The zero-order chi connectivity index (χ0) is 13.9. The lowest BCUT2D eigenvalue weighted by Gasteiger charge is -2.15. The molecule has 114 valence electrons. The quantitative estimate of drug-likeness (QED) is 0.770. The third kappa shape index (κ3) is 3.46. The summed E-state index contributed by atoms with van der Waals surface area (Å²) in [5.74, 6) is -0.0591. The van der Waals surface area contributed by atoms with Crippen LogP contribution in [0.2, 0.25) is 0 Å². The number of benzene rings is 1. The van der Waals surface area contributed by atoms with Gasteiger partial charge in [-0.2, -0.15) is 0 Å². The monoisotopic (exact) mass is 310 g/mol. The summed E-state index contributed by atoms with van der Waals surface area (Å²) in [6, 6.07) is 7.28. The van der Waals surface area contributed by atoms with Gasteiger partial charge in [-0.25, -0.2) is 4.79 Å². The fourth-order valence-electron chi connectivity index (χ4n) is 2.56. The van der Waals surface area contributed by atoms with Crippen LogP contribution in [0.4, 0.5) is 10.5 Å². The molecular weight excluding hydrogens is 292 g/mol. The van der Waals surface area contributed by atoms with E-state index in [0.717, 1.165) is 25.2 Å². The number of hydrogen-bond donors (Lipinski definition) is 3. The number of hydrogen-bond acceptors (Lipinski definition) is 3. The highest BCUT2D eigenvalue weighted by molar-refractivity contribution is 5.97. The highest BCUT2D eigenvalue weighted by Crippen LogP contribution is 2.17. The molecule has 0 spiro atoms. The Hall–Kier alpha value is -1.79. The van der Waals surface area contributed by atoms with Crippen molar-refractivity contribution < 1.29 is 9.59 Å². The van der Waals surface area contributed by atoms with Gasteiger partial charge in [0.1, 0.15) is 0 Å². The Labute approximate surface area is 129 Å². The Bertz CT molecular complexity index is 514. The van der Waals surface area contributed by atoms with Crippen molar-refractivity contribution in [3.8, 4) is 0 Å². The number of carbonyl (C=O) groups excluding carboxylic acids is 2. The maximum absolute atomic E-state index is 12.1. The number of amides is 3. The van der Waals surface area contributed by atoms with Crippen LogP contribution in [0.1, 0.15) is 16.8 Å². The van der Waals surface area contributed by atoms with Gasteiger partial charge in [0.15, 0.2) is 0 Å². The summed E-state index contributed by atoms with van der Waals surface area (Å²) in [7, 11) is 0. The molecule has 2 aliphatic rings. The molecule has 0 saturated carbocycles. The molecule has 7 heteroatoms. The van der Waals surface area contributed by atoms with Crippen molar-refractivity contribution in [2.45, 2.75) is 12.5 Å². The van der Waals surface area contributed by atoms with E-state index in [0.29, 0.717) is 18.7 Å². The SMILES string of the molecule is Cl.O=C(NC1CCNC1)c1ccc(N2CCNC2=O)cc1. The summed E-state index contributed by atoms with van der Waals surface area (Å²) >= 11 is 0. The highest BCUT2D eigenvalue weighted by atomic mass is 35.5. The number of anilines is 1. The first-order valence-corrected chi connectivity index (χ1v) is 6.91. The van der Waals surface area contributed by atoms with Gasteiger partial charge < -0.3 is 16.0 Å². The lowest BCUT2D eigenvalue weighted by molar-refractivity contribution is 0.0940. The van der Waals surface area contributed by atoms with Crippen molar-refractivity contribution in [1.29, 1.82) is 0 Å². The van der Waals surface area contributed by atoms with Gasteiger partial charge in [0.05, 0.1) is 0 Å². The lowest BCUT2D eigenvalue weighted by Crippen LogP contribution is -2.36. The van der Waals surface area contributed by atoms with E-state index in [2.05, 4.69) is 16.0 Å². The third-order valence-electron chi connectivity index (χ3n) is 3.69. The number of rotatable bonds is 3. The molecule has 2 heterocycles.